The van der Waals surface area contributed by atoms with Crippen molar-refractivity contribution in [3.05, 3.63) is 58.9 Å². The summed E-state index contributed by atoms with van der Waals surface area (Å²) in [5.41, 5.74) is -0.0701. The number of sulfonamides is 1. The van der Waals surface area contributed by atoms with Crippen molar-refractivity contribution < 1.29 is 22.3 Å². The molecule has 2 aromatic carbocycles. The van der Waals surface area contributed by atoms with E-state index >= 15 is 0 Å². The van der Waals surface area contributed by atoms with Crippen LogP contribution in [0.5, 0.6) is 0 Å². The maximum atomic E-state index is 14.1. The van der Waals surface area contributed by atoms with Gasteiger partial charge in [0, 0.05) is 13.1 Å². The largest absolute Gasteiger partial charge is 0.379 e. The summed E-state index contributed by atoms with van der Waals surface area (Å²) in [7, 11) is -3.84. The highest BCUT2D eigenvalue weighted by molar-refractivity contribution is 7.89. The molecule has 1 aliphatic rings. The molecule has 0 radical (unpaired) electrons. The molecule has 1 N–H and O–H groups in total. The molecule has 1 heterocycles. The first-order valence-corrected chi connectivity index (χ1v) is 9.65. The third kappa shape index (κ3) is 3.88. The molecular formula is C17H16ClFN2O4S. The molecule has 3 rings (SSSR count). The second-order valence-corrected chi connectivity index (χ2v) is 7.94. The molecule has 26 heavy (non-hydrogen) atoms. The van der Waals surface area contributed by atoms with Gasteiger partial charge >= 0.3 is 0 Å². The zero-order valence-electron chi connectivity index (χ0n) is 13.6. The second kappa shape index (κ2) is 7.71. The highest BCUT2D eigenvalue weighted by Crippen LogP contribution is 2.24. The standard InChI is InChI=1S/C17H16ClFN2O4S/c18-14-3-1-2-4-16(14)20-17(22)13-11-12(5-6-15(13)19)26(23,24)21-7-9-25-10-8-21/h1-6,11H,7-10H2,(H,20,22). The van der Waals surface area contributed by atoms with E-state index < -0.39 is 21.7 Å². The van der Waals surface area contributed by atoms with Crippen molar-refractivity contribution in [2.24, 2.45) is 0 Å². The fourth-order valence-corrected chi connectivity index (χ4v) is 4.14. The van der Waals surface area contributed by atoms with Crippen LogP contribution in [0.3, 0.4) is 0 Å². The molecule has 0 atom stereocenters. The van der Waals surface area contributed by atoms with E-state index in [4.69, 9.17) is 16.3 Å². The summed E-state index contributed by atoms with van der Waals surface area (Å²) in [6, 6.07) is 9.64. The van der Waals surface area contributed by atoms with Crippen LogP contribution in [0, 0.1) is 5.82 Å². The number of amides is 1. The summed E-state index contributed by atoms with van der Waals surface area (Å²) in [6.07, 6.45) is 0. The van der Waals surface area contributed by atoms with Crippen molar-refractivity contribution in [2.45, 2.75) is 4.90 Å². The Kier molecular flexibility index (Phi) is 5.57. The molecule has 0 aromatic heterocycles. The molecule has 0 saturated carbocycles. The number of nitrogens with zero attached hydrogens (tertiary/aromatic N) is 1. The first kappa shape index (κ1) is 18.8. The van der Waals surface area contributed by atoms with Gasteiger partial charge in [0.05, 0.1) is 34.4 Å². The minimum Gasteiger partial charge on any atom is -0.379 e. The van der Waals surface area contributed by atoms with Gasteiger partial charge in [-0.25, -0.2) is 12.8 Å². The van der Waals surface area contributed by atoms with Crippen LogP contribution in [0.15, 0.2) is 47.4 Å². The number of morpholine rings is 1. The van der Waals surface area contributed by atoms with E-state index in [9.17, 15) is 17.6 Å². The van der Waals surface area contributed by atoms with Crippen LogP contribution in [-0.4, -0.2) is 44.9 Å². The lowest BCUT2D eigenvalue weighted by Gasteiger charge is -2.26. The van der Waals surface area contributed by atoms with Crippen molar-refractivity contribution in [2.75, 3.05) is 31.6 Å². The Bertz CT molecular complexity index is 930. The van der Waals surface area contributed by atoms with Gasteiger partial charge in [0.25, 0.3) is 5.91 Å². The lowest BCUT2D eigenvalue weighted by Crippen LogP contribution is -2.40. The number of rotatable bonds is 4. The van der Waals surface area contributed by atoms with E-state index in [2.05, 4.69) is 5.32 Å². The molecule has 0 bridgehead atoms. The molecule has 1 aliphatic heterocycles. The third-order valence-electron chi connectivity index (χ3n) is 3.91. The van der Waals surface area contributed by atoms with Gasteiger partial charge in [0.2, 0.25) is 10.0 Å². The summed E-state index contributed by atoms with van der Waals surface area (Å²) in [5.74, 6) is -1.61. The molecule has 0 spiro atoms. The Balaban J connectivity index is 1.90. The third-order valence-corrected chi connectivity index (χ3v) is 6.14. The Labute approximate surface area is 155 Å². The predicted octanol–water partition coefficient (Wildman–Crippen LogP) is 2.75. The monoisotopic (exact) mass is 398 g/mol. The highest BCUT2D eigenvalue weighted by Gasteiger charge is 2.28. The number of hydrogen-bond acceptors (Lipinski definition) is 4. The average Bonchev–Trinajstić information content (AvgIpc) is 2.64. The van der Waals surface area contributed by atoms with E-state index in [-0.39, 0.29) is 23.5 Å². The first-order chi connectivity index (χ1) is 12.4. The van der Waals surface area contributed by atoms with Gasteiger partial charge in [-0.1, -0.05) is 23.7 Å². The zero-order chi connectivity index (χ0) is 18.7. The number of ether oxygens (including phenoxy) is 1. The fraction of sp³-hybridized carbons (Fsp3) is 0.235. The quantitative estimate of drug-likeness (QED) is 0.859. The topological polar surface area (TPSA) is 75.7 Å². The van der Waals surface area contributed by atoms with Crippen LogP contribution in [0.1, 0.15) is 10.4 Å². The van der Waals surface area contributed by atoms with Gasteiger partial charge in [-0.2, -0.15) is 4.31 Å². The van der Waals surface area contributed by atoms with Crippen LogP contribution in [0.2, 0.25) is 5.02 Å². The van der Waals surface area contributed by atoms with Gasteiger partial charge in [-0.05, 0) is 30.3 Å². The van der Waals surface area contributed by atoms with Crippen molar-refractivity contribution in [1.82, 2.24) is 4.31 Å². The first-order valence-electron chi connectivity index (χ1n) is 7.83. The number of benzene rings is 2. The highest BCUT2D eigenvalue weighted by atomic mass is 35.5. The Morgan fingerprint density at radius 1 is 1.15 bits per heavy atom. The normalized spacial score (nSPS) is 15.6. The van der Waals surface area contributed by atoms with Crippen molar-refractivity contribution in [1.29, 1.82) is 0 Å². The number of anilines is 1. The Morgan fingerprint density at radius 2 is 1.85 bits per heavy atom. The molecular weight excluding hydrogens is 383 g/mol. The second-order valence-electron chi connectivity index (χ2n) is 5.59. The fourth-order valence-electron chi connectivity index (χ4n) is 2.53. The van der Waals surface area contributed by atoms with E-state index in [0.29, 0.717) is 23.9 Å². The minimum absolute atomic E-state index is 0.148. The maximum absolute atomic E-state index is 14.1. The van der Waals surface area contributed by atoms with Crippen LogP contribution < -0.4 is 5.32 Å². The molecule has 9 heteroatoms. The molecule has 1 saturated heterocycles. The van der Waals surface area contributed by atoms with Crippen LogP contribution in [-0.2, 0) is 14.8 Å². The molecule has 1 fully saturated rings. The summed E-state index contributed by atoms with van der Waals surface area (Å²) >= 11 is 5.98. The van der Waals surface area contributed by atoms with E-state index in [0.717, 1.165) is 18.2 Å². The lowest BCUT2D eigenvalue weighted by molar-refractivity contribution is 0.0730. The van der Waals surface area contributed by atoms with Crippen molar-refractivity contribution in [3.8, 4) is 0 Å². The molecule has 1 amide bonds. The van der Waals surface area contributed by atoms with Crippen molar-refractivity contribution in [3.63, 3.8) is 0 Å². The Hall–Kier alpha value is -2.00. The number of hydrogen-bond donors (Lipinski definition) is 1. The van der Waals surface area contributed by atoms with Gasteiger partial charge in [-0.15, -0.1) is 0 Å². The SMILES string of the molecule is O=C(Nc1ccccc1Cl)c1cc(S(=O)(=O)N2CCOCC2)ccc1F. The number of para-hydroxylation sites is 1. The van der Waals surface area contributed by atoms with Crippen molar-refractivity contribution >= 4 is 33.2 Å². The molecule has 2 aromatic rings. The summed E-state index contributed by atoms with van der Waals surface area (Å²) < 4.78 is 45.9. The number of nitrogens with one attached hydrogen (secondary N) is 1. The Morgan fingerprint density at radius 3 is 2.54 bits per heavy atom. The molecule has 6 nitrogen and oxygen atoms in total. The predicted molar refractivity (Wildman–Crippen MR) is 95.4 cm³/mol. The van der Waals surface area contributed by atoms with E-state index in [1.54, 1.807) is 24.3 Å². The van der Waals surface area contributed by atoms with Crippen LogP contribution in [0.25, 0.3) is 0 Å². The zero-order valence-corrected chi connectivity index (χ0v) is 15.2. The number of carbonyl (C=O) groups excluding carboxylic acids is 1. The van der Waals surface area contributed by atoms with Gasteiger partial charge < -0.3 is 10.1 Å². The lowest BCUT2D eigenvalue weighted by atomic mass is 10.2. The number of halogens is 2. The molecule has 0 aliphatic carbocycles. The summed E-state index contributed by atoms with van der Waals surface area (Å²) in [4.78, 5) is 12.3. The van der Waals surface area contributed by atoms with Gasteiger partial charge in [0.15, 0.2) is 0 Å². The smallest absolute Gasteiger partial charge is 0.258 e. The summed E-state index contributed by atoms with van der Waals surface area (Å²) in [6.45, 7) is 1.00. The summed E-state index contributed by atoms with van der Waals surface area (Å²) in [5, 5.41) is 2.78. The van der Waals surface area contributed by atoms with Crippen LogP contribution >= 0.6 is 11.6 Å². The van der Waals surface area contributed by atoms with Gasteiger partial charge in [0.1, 0.15) is 5.82 Å². The molecule has 0 unspecified atom stereocenters. The van der Waals surface area contributed by atoms with Crippen LogP contribution in [0.4, 0.5) is 10.1 Å². The number of carbonyl (C=O) groups is 1. The van der Waals surface area contributed by atoms with Gasteiger partial charge in [-0.3, -0.25) is 4.79 Å². The van der Waals surface area contributed by atoms with E-state index in [1.165, 1.54) is 4.31 Å². The molecule has 138 valence electrons. The van der Waals surface area contributed by atoms with E-state index in [1.807, 2.05) is 0 Å². The average molecular weight is 399 g/mol. The maximum Gasteiger partial charge on any atom is 0.258 e. The minimum atomic E-state index is -3.84.